The molecular formula is C32H46N6O2. The first-order valence-corrected chi connectivity index (χ1v) is 15.1. The fourth-order valence-corrected chi connectivity index (χ4v) is 5.43. The molecule has 1 amide bonds. The smallest absolute Gasteiger partial charge is 0.252 e. The van der Waals surface area contributed by atoms with Crippen molar-refractivity contribution in [1.29, 1.82) is 0 Å². The monoisotopic (exact) mass is 546 g/mol. The minimum absolute atomic E-state index is 0.0370. The molecule has 2 aliphatic carbocycles. The van der Waals surface area contributed by atoms with Crippen molar-refractivity contribution >= 4 is 17.7 Å². The normalized spacial score (nSPS) is 17.9. The van der Waals surface area contributed by atoms with Gasteiger partial charge in [-0.3, -0.25) is 4.79 Å². The number of fused-ring (bicyclic) bond motifs is 1. The highest BCUT2D eigenvalue weighted by Crippen LogP contribution is 2.21. The van der Waals surface area contributed by atoms with Gasteiger partial charge in [0.25, 0.3) is 5.91 Å². The van der Waals surface area contributed by atoms with Crippen LogP contribution in [0.15, 0.2) is 30.3 Å². The Morgan fingerprint density at radius 2 is 1.95 bits per heavy atom. The van der Waals surface area contributed by atoms with E-state index in [0.29, 0.717) is 18.8 Å². The van der Waals surface area contributed by atoms with Gasteiger partial charge in [0.15, 0.2) is 0 Å². The zero-order valence-electron chi connectivity index (χ0n) is 24.4. The number of hydrogen-bond acceptors (Lipinski definition) is 7. The van der Waals surface area contributed by atoms with Crippen LogP contribution in [0.2, 0.25) is 0 Å². The average Bonchev–Trinajstić information content (AvgIpc) is 3.79. The van der Waals surface area contributed by atoms with Gasteiger partial charge in [0.1, 0.15) is 0 Å². The number of benzene rings is 1. The SMILES string of the molecule is CC(C)NNC1=c2c(C(=O)NC3CCOCC3)cc(-c3cccc(CN(C)CCNC4CC4)c3)nc2=CCCC1. The molecule has 40 heavy (non-hydrogen) atoms. The molecule has 1 aliphatic heterocycles. The lowest BCUT2D eigenvalue weighted by Crippen LogP contribution is -2.47. The maximum absolute atomic E-state index is 13.9. The molecule has 1 saturated heterocycles. The number of amides is 1. The number of nitrogens with one attached hydrogen (secondary N) is 4. The van der Waals surface area contributed by atoms with E-state index in [1.807, 2.05) is 6.07 Å². The molecule has 4 N–H and O–H groups in total. The summed E-state index contributed by atoms with van der Waals surface area (Å²) >= 11 is 0. The van der Waals surface area contributed by atoms with Crippen molar-refractivity contribution in [2.45, 2.75) is 83.5 Å². The third kappa shape index (κ3) is 7.91. The Balaban J connectivity index is 1.47. The van der Waals surface area contributed by atoms with Crippen molar-refractivity contribution in [1.82, 2.24) is 31.4 Å². The van der Waals surface area contributed by atoms with Gasteiger partial charge in [-0.15, -0.1) is 0 Å². The minimum Gasteiger partial charge on any atom is -0.381 e. The molecule has 0 spiro atoms. The fraction of sp³-hybridized carbons (Fsp3) is 0.562. The predicted octanol–water partition coefficient (Wildman–Crippen LogP) is 2.42. The second-order valence-corrected chi connectivity index (χ2v) is 11.8. The Hall–Kier alpha value is -2.78. The van der Waals surface area contributed by atoms with Gasteiger partial charge in [0.2, 0.25) is 0 Å². The van der Waals surface area contributed by atoms with Crippen LogP contribution < -0.4 is 32.1 Å². The summed E-state index contributed by atoms with van der Waals surface area (Å²) < 4.78 is 5.52. The minimum atomic E-state index is -0.0370. The first-order chi connectivity index (χ1) is 19.5. The predicted molar refractivity (Wildman–Crippen MR) is 161 cm³/mol. The second-order valence-electron chi connectivity index (χ2n) is 11.8. The summed E-state index contributed by atoms with van der Waals surface area (Å²) in [6.45, 7) is 8.49. The number of pyridine rings is 1. The molecule has 1 aromatic heterocycles. The maximum Gasteiger partial charge on any atom is 0.252 e. The molecule has 0 radical (unpaired) electrons. The van der Waals surface area contributed by atoms with Crippen LogP contribution in [0.3, 0.4) is 0 Å². The van der Waals surface area contributed by atoms with Gasteiger partial charge in [-0.2, -0.15) is 0 Å². The third-order valence-corrected chi connectivity index (χ3v) is 7.81. The highest BCUT2D eigenvalue weighted by atomic mass is 16.5. The average molecular weight is 547 g/mol. The summed E-state index contributed by atoms with van der Waals surface area (Å²) in [5.41, 5.74) is 11.6. The van der Waals surface area contributed by atoms with Crippen molar-refractivity contribution in [3.05, 3.63) is 52.0 Å². The Morgan fingerprint density at radius 1 is 1.12 bits per heavy atom. The molecule has 5 rings (SSSR count). The van der Waals surface area contributed by atoms with E-state index in [9.17, 15) is 4.79 Å². The molecule has 1 saturated carbocycles. The number of rotatable bonds is 12. The van der Waals surface area contributed by atoms with Gasteiger partial charge >= 0.3 is 0 Å². The van der Waals surface area contributed by atoms with Crippen LogP contribution in [0.1, 0.15) is 74.7 Å². The maximum atomic E-state index is 13.9. The summed E-state index contributed by atoms with van der Waals surface area (Å²) in [6.07, 6.45) is 9.30. The molecular weight excluding hydrogens is 500 g/mol. The van der Waals surface area contributed by atoms with Crippen LogP contribution >= 0.6 is 0 Å². The van der Waals surface area contributed by atoms with Gasteiger partial charge in [-0.1, -0.05) is 24.3 Å². The van der Waals surface area contributed by atoms with Crippen LogP contribution in [-0.2, 0) is 11.3 Å². The van der Waals surface area contributed by atoms with Crippen LogP contribution in [-0.4, -0.2) is 67.3 Å². The molecule has 216 valence electrons. The van der Waals surface area contributed by atoms with E-state index in [0.717, 1.165) is 85.3 Å². The Bertz CT molecular complexity index is 1280. The summed E-state index contributed by atoms with van der Waals surface area (Å²) in [5.74, 6) is -0.0370. The summed E-state index contributed by atoms with van der Waals surface area (Å²) in [7, 11) is 2.17. The van der Waals surface area contributed by atoms with Crippen LogP contribution in [0.25, 0.3) is 23.0 Å². The molecule has 2 aromatic rings. The molecule has 8 heteroatoms. The van der Waals surface area contributed by atoms with Crippen molar-refractivity contribution in [3.8, 4) is 11.3 Å². The van der Waals surface area contributed by atoms with Crippen LogP contribution in [0.5, 0.6) is 0 Å². The number of ether oxygens (including phenoxy) is 1. The van der Waals surface area contributed by atoms with Crippen LogP contribution in [0, 0.1) is 0 Å². The van der Waals surface area contributed by atoms with Gasteiger partial charge in [-0.25, -0.2) is 10.4 Å². The standard InChI is InChI=1S/C32H46N6O2/c1-22(2)36-37-29-10-5-4-9-28-31(29)27(32(39)34-26-13-17-40-18-14-26)20-30(35-28)24-8-6-7-23(19-24)21-38(3)16-15-33-25-11-12-25/h6-9,19-20,22,25-26,33,36-37H,4-5,10-18,21H2,1-3H3,(H,34,39). The third-order valence-electron chi connectivity index (χ3n) is 7.81. The summed E-state index contributed by atoms with van der Waals surface area (Å²) in [5, 5.41) is 8.70. The van der Waals surface area contributed by atoms with Gasteiger partial charge in [-0.05, 0) is 83.5 Å². The number of likely N-dealkylation sites (N-methyl/N-ethyl adjacent to an activating group) is 1. The van der Waals surface area contributed by atoms with Crippen molar-refractivity contribution in [3.63, 3.8) is 0 Å². The number of carbonyl (C=O) groups excluding carboxylic acids is 1. The molecule has 0 atom stereocenters. The van der Waals surface area contributed by atoms with Crippen molar-refractivity contribution in [2.75, 3.05) is 33.4 Å². The van der Waals surface area contributed by atoms with E-state index in [1.54, 1.807) is 0 Å². The van der Waals surface area contributed by atoms with Crippen molar-refractivity contribution in [2.24, 2.45) is 0 Å². The molecule has 0 bridgehead atoms. The van der Waals surface area contributed by atoms with Gasteiger partial charge in [0, 0.05) is 67.5 Å². The highest BCUT2D eigenvalue weighted by molar-refractivity contribution is 5.96. The number of hydrazine groups is 1. The molecule has 8 nitrogen and oxygen atoms in total. The zero-order valence-corrected chi connectivity index (χ0v) is 24.4. The zero-order chi connectivity index (χ0) is 27.9. The molecule has 2 fully saturated rings. The first-order valence-electron chi connectivity index (χ1n) is 15.1. The topological polar surface area (TPSA) is 90.5 Å². The van der Waals surface area contributed by atoms with Crippen molar-refractivity contribution < 1.29 is 9.53 Å². The Kier molecular flexibility index (Phi) is 9.86. The molecule has 2 heterocycles. The van der Waals surface area contributed by atoms with Crippen LogP contribution in [0.4, 0.5) is 0 Å². The number of nitrogens with zero attached hydrogens (tertiary/aromatic N) is 2. The molecule has 1 aromatic carbocycles. The lowest BCUT2D eigenvalue weighted by Gasteiger charge is -2.23. The summed E-state index contributed by atoms with van der Waals surface area (Å²) in [6, 6.07) is 11.7. The van der Waals surface area contributed by atoms with Gasteiger partial charge < -0.3 is 25.7 Å². The first kappa shape index (κ1) is 28.7. The van der Waals surface area contributed by atoms with E-state index in [4.69, 9.17) is 9.72 Å². The largest absolute Gasteiger partial charge is 0.381 e. The highest BCUT2D eigenvalue weighted by Gasteiger charge is 2.22. The van der Waals surface area contributed by atoms with E-state index in [-0.39, 0.29) is 18.0 Å². The fourth-order valence-electron chi connectivity index (χ4n) is 5.43. The number of hydrogen-bond donors (Lipinski definition) is 4. The van der Waals surface area contributed by atoms with E-state index in [1.165, 1.54) is 18.4 Å². The van der Waals surface area contributed by atoms with Gasteiger partial charge in [0.05, 0.1) is 16.6 Å². The lowest BCUT2D eigenvalue weighted by atomic mass is 10.0. The Labute approximate surface area is 238 Å². The second kappa shape index (κ2) is 13.7. The summed E-state index contributed by atoms with van der Waals surface area (Å²) in [4.78, 5) is 21.4. The Morgan fingerprint density at radius 3 is 2.73 bits per heavy atom. The quantitative estimate of drug-likeness (QED) is 0.304. The lowest BCUT2D eigenvalue weighted by molar-refractivity contribution is 0.0696. The molecule has 0 unspecified atom stereocenters. The number of carbonyl (C=O) groups is 1. The van der Waals surface area contributed by atoms with E-state index < -0.39 is 0 Å². The van der Waals surface area contributed by atoms with E-state index >= 15 is 0 Å². The molecule has 3 aliphatic rings. The number of aromatic nitrogens is 1. The van der Waals surface area contributed by atoms with E-state index in [2.05, 4.69) is 77.6 Å².